The van der Waals surface area contributed by atoms with Crippen LogP contribution in [0.25, 0.3) is 0 Å². The van der Waals surface area contributed by atoms with Gasteiger partial charge in [-0.15, -0.1) is 0 Å². The van der Waals surface area contributed by atoms with Crippen LogP contribution in [-0.4, -0.2) is 25.3 Å². The molecule has 4 heteroatoms. The van der Waals surface area contributed by atoms with Crippen molar-refractivity contribution in [2.24, 2.45) is 0 Å². The summed E-state index contributed by atoms with van der Waals surface area (Å²) in [7, 11) is 0. The van der Waals surface area contributed by atoms with E-state index in [1.807, 2.05) is 31.2 Å². The van der Waals surface area contributed by atoms with Gasteiger partial charge in [0.1, 0.15) is 23.7 Å². The molecule has 0 bridgehead atoms. The van der Waals surface area contributed by atoms with Gasteiger partial charge in [0.05, 0.1) is 6.61 Å². The quantitative estimate of drug-likeness (QED) is 0.866. The second-order valence-corrected chi connectivity index (χ2v) is 5.35. The Balaban J connectivity index is 2.06. The maximum absolute atomic E-state index is 6.00. The van der Waals surface area contributed by atoms with E-state index < -0.39 is 0 Å². The summed E-state index contributed by atoms with van der Waals surface area (Å²) in [5.74, 6) is 1.77. The van der Waals surface area contributed by atoms with E-state index in [9.17, 15) is 0 Å². The summed E-state index contributed by atoms with van der Waals surface area (Å²) >= 11 is 5.99. The van der Waals surface area contributed by atoms with E-state index in [1.54, 1.807) is 0 Å². The van der Waals surface area contributed by atoms with E-state index in [0.29, 0.717) is 5.02 Å². The molecule has 1 aromatic carbocycles. The maximum atomic E-state index is 6.00. The molecule has 0 fully saturated rings. The Morgan fingerprint density at radius 1 is 1.45 bits per heavy atom. The molecule has 2 rings (SSSR count). The van der Waals surface area contributed by atoms with Crippen LogP contribution in [0.5, 0.6) is 5.75 Å². The largest absolute Gasteiger partial charge is 0.496 e. The molecule has 0 radical (unpaired) electrons. The number of allylic oxidation sites excluding steroid dienone is 1. The highest BCUT2D eigenvalue weighted by atomic mass is 35.5. The van der Waals surface area contributed by atoms with Crippen LogP contribution in [-0.2, 0) is 4.74 Å². The SMILES string of the molecule is CCNC(C1=CCCCO1)C(C)Oc1cccc(Cl)c1. The second kappa shape index (κ2) is 7.55. The van der Waals surface area contributed by atoms with Crippen LogP contribution in [0.2, 0.25) is 5.02 Å². The Hall–Kier alpha value is -1.19. The molecule has 1 heterocycles. The number of rotatable bonds is 6. The fraction of sp³-hybridized carbons (Fsp3) is 0.500. The molecule has 1 aliphatic heterocycles. The van der Waals surface area contributed by atoms with Gasteiger partial charge < -0.3 is 14.8 Å². The summed E-state index contributed by atoms with van der Waals surface area (Å²) in [6.45, 7) is 5.79. The second-order valence-electron chi connectivity index (χ2n) is 4.91. The molecular weight excluding hydrogens is 274 g/mol. The Bertz CT molecular complexity index is 462. The number of halogens is 1. The van der Waals surface area contributed by atoms with Crippen LogP contribution >= 0.6 is 11.6 Å². The minimum Gasteiger partial charge on any atom is -0.496 e. The predicted molar refractivity (Wildman–Crippen MR) is 82.3 cm³/mol. The molecule has 0 aliphatic carbocycles. The Morgan fingerprint density at radius 3 is 2.95 bits per heavy atom. The summed E-state index contributed by atoms with van der Waals surface area (Å²) in [6, 6.07) is 7.55. The zero-order valence-electron chi connectivity index (χ0n) is 12.1. The van der Waals surface area contributed by atoms with Crippen LogP contribution in [0, 0.1) is 0 Å². The van der Waals surface area contributed by atoms with Gasteiger partial charge in [0, 0.05) is 5.02 Å². The molecular formula is C16H22ClNO2. The molecule has 0 amide bonds. The third-order valence-electron chi connectivity index (χ3n) is 3.28. The molecule has 20 heavy (non-hydrogen) atoms. The lowest BCUT2D eigenvalue weighted by molar-refractivity contribution is 0.113. The fourth-order valence-corrected chi connectivity index (χ4v) is 2.51. The number of benzene rings is 1. The van der Waals surface area contributed by atoms with Crippen molar-refractivity contribution in [2.45, 2.75) is 38.8 Å². The molecule has 2 unspecified atom stereocenters. The average Bonchev–Trinajstić information content (AvgIpc) is 2.45. The van der Waals surface area contributed by atoms with Crippen molar-refractivity contribution in [1.29, 1.82) is 0 Å². The molecule has 110 valence electrons. The Kier molecular flexibility index (Phi) is 5.74. The number of likely N-dealkylation sites (N-methyl/N-ethyl adjacent to an activating group) is 1. The summed E-state index contributed by atoms with van der Waals surface area (Å²) in [5.41, 5.74) is 0. The van der Waals surface area contributed by atoms with E-state index in [-0.39, 0.29) is 12.1 Å². The molecule has 2 atom stereocenters. The fourth-order valence-electron chi connectivity index (χ4n) is 2.33. The van der Waals surface area contributed by atoms with Gasteiger partial charge in [0.2, 0.25) is 0 Å². The molecule has 0 spiro atoms. The Morgan fingerprint density at radius 2 is 2.30 bits per heavy atom. The monoisotopic (exact) mass is 295 g/mol. The van der Waals surface area contributed by atoms with E-state index in [0.717, 1.165) is 37.5 Å². The molecule has 1 aromatic rings. The lowest BCUT2D eigenvalue weighted by Gasteiger charge is -2.29. The van der Waals surface area contributed by atoms with Gasteiger partial charge in [0.15, 0.2) is 0 Å². The van der Waals surface area contributed by atoms with Crippen molar-refractivity contribution in [2.75, 3.05) is 13.2 Å². The summed E-state index contributed by atoms with van der Waals surface area (Å²) < 4.78 is 11.8. The van der Waals surface area contributed by atoms with Crippen molar-refractivity contribution in [3.63, 3.8) is 0 Å². The van der Waals surface area contributed by atoms with Gasteiger partial charge in [-0.1, -0.05) is 24.6 Å². The van der Waals surface area contributed by atoms with Crippen LogP contribution in [0.3, 0.4) is 0 Å². The van der Waals surface area contributed by atoms with Crippen LogP contribution in [0.4, 0.5) is 0 Å². The highest BCUT2D eigenvalue weighted by molar-refractivity contribution is 6.30. The predicted octanol–water partition coefficient (Wildman–Crippen LogP) is 3.78. The van der Waals surface area contributed by atoms with Crippen molar-refractivity contribution in [3.05, 3.63) is 41.1 Å². The standard InChI is InChI=1S/C16H22ClNO2/c1-3-18-16(15-9-4-5-10-19-15)12(2)20-14-8-6-7-13(17)11-14/h6-9,11-12,16,18H,3-5,10H2,1-2H3. The highest BCUT2D eigenvalue weighted by Crippen LogP contribution is 2.22. The molecule has 1 aliphatic rings. The third-order valence-corrected chi connectivity index (χ3v) is 3.52. The molecule has 0 saturated carbocycles. The zero-order valence-corrected chi connectivity index (χ0v) is 12.8. The maximum Gasteiger partial charge on any atom is 0.121 e. The molecule has 3 nitrogen and oxygen atoms in total. The summed E-state index contributed by atoms with van der Waals surface area (Å²) in [4.78, 5) is 0. The number of hydrogen-bond donors (Lipinski definition) is 1. The van der Waals surface area contributed by atoms with Crippen molar-refractivity contribution in [1.82, 2.24) is 5.32 Å². The molecule has 0 aromatic heterocycles. The van der Waals surface area contributed by atoms with Gasteiger partial charge in [-0.2, -0.15) is 0 Å². The van der Waals surface area contributed by atoms with Gasteiger partial charge in [0.25, 0.3) is 0 Å². The first-order valence-electron chi connectivity index (χ1n) is 7.19. The van der Waals surface area contributed by atoms with E-state index in [4.69, 9.17) is 21.1 Å². The first-order chi connectivity index (χ1) is 9.70. The normalized spacial score (nSPS) is 17.9. The summed E-state index contributed by atoms with van der Waals surface area (Å²) in [6.07, 6.45) is 4.29. The van der Waals surface area contributed by atoms with Crippen molar-refractivity contribution < 1.29 is 9.47 Å². The highest BCUT2D eigenvalue weighted by Gasteiger charge is 2.25. The average molecular weight is 296 g/mol. The molecule has 0 saturated heterocycles. The molecule has 1 N–H and O–H groups in total. The van der Waals surface area contributed by atoms with Gasteiger partial charge in [-0.25, -0.2) is 0 Å². The van der Waals surface area contributed by atoms with Crippen LogP contribution < -0.4 is 10.1 Å². The number of hydrogen-bond acceptors (Lipinski definition) is 3. The van der Waals surface area contributed by atoms with Crippen LogP contribution in [0.15, 0.2) is 36.1 Å². The van der Waals surface area contributed by atoms with Gasteiger partial charge in [-0.05, 0) is 50.6 Å². The third kappa shape index (κ3) is 4.15. The van der Waals surface area contributed by atoms with Crippen LogP contribution in [0.1, 0.15) is 26.7 Å². The number of ether oxygens (including phenoxy) is 2. The van der Waals surface area contributed by atoms with E-state index in [1.165, 1.54) is 0 Å². The zero-order chi connectivity index (χ0) is 14.4. The summed E-state index contributed by atoms with van der Waals surface area (Å²) in [5, 5.41) is 4.12. The minimum absolute atomic E-state index is 0.0298. The van der Waals surface area contributed by atoms with Gasteiger partial charge >= 0.3 is 0 Å². The lowest BCUT2D eigenvalue weighted by Crippen LogP contribution is -2.44. The van der Waals surface area contributed by atoms with Crippen molar-refractivity contribution in [3.8, 4) is 5.75 Å². The minimum atomic E-state index is -0.0298. The topological polar surface area (TPSA) is 30.5 Å². The first-order valence-corrected chi connectivity index (χ1v) is 7.57. The van der Waals surface area contributed by atoms with Gasteiger partial charge in [-0.3, -0.25) is 0 Å². The van der Waals surface area contributed by atoms with Crippen molar-refractivity contribution >= 4 is 11.6 Å². The number of nitrogens with one attached hydrogen (secondary N) is 1. The lowest BCUT2D eigenvalue weighted by atomic mass is 10.1. The van der Waals surface area contributed by atoms with E-state index >= 15 is 0 Å². The van der Waals surface area contributed by atoms with E-state index in [2.05, 4.69) is 18.3 Å². The first kappa shape index (κ1) is 15.2. The Labute approximate surface area is 125 Å². The smallest absolute Gasteiger partial charge is 0.121 e.